The molecule has 0 bridgehead atoms. The van der Waals surface area contributed by atoms with Gasteiger partial charge in [0.05, 0.1) is 0 Å². The Kier molecular flexibility index (Phi) is 16.2. The Morgan fingerprint density at radius 1 is 0.742 bits per heavy atom. The third-order valence-electron chi connectivity index (χ3n) is 6.10. The van der Waals surface area contributed by atoms with E-state index in [2.05, 4.69) is 6.92 Å². The van der Waals surface area contributed by atoms with Gasteiger partial charge in [0, 0.05) is 12.8 Å². The van der Waals surface area contributed by atoms with Crippen LogP contribution in [0.3, 0.4) is 0 Å². The Balaban J connectivity index is 1.88. The van der Waals surface area contributed by atoms with Gasteiger partial charge in [-0.3, -0.25) is 4.79 Å². The number of esters is 1. The predicted octanol–water partition coefficient (Wildman–Crippen LogP) is 8.80. The summed E-state index contributed by atoms with van der Waals surface area (Å²) < 4.78 is 10.7. The molecule has 0 aliphatic rings. The Morgan fingerprint density at radius 3 is 1.58 bits per heavy atom. The van der Waals surface area contributed by atoms with Gasteiger partial charge in [0.15, 0.2) is 5.76 Å². The van der Waals surface area contributed by atoms with Crippen LogP contribution in [0.15, 0.2) is 4.42 Å². The van der Waals surface area contributed by atoms with E-state index in [1.54, 1.807) is 6.92 Å². The Hall–Kier alpha value is -1.45. The van der Waals surface area contributed by atoms with Crippen LogP contribution in [0.4, 0.5) is 0 Å². The molecule has 0 saturated heterocycles. The Labute approximate surface area is 191 Å². The highest BCUT2D eigenvalue weighted by atomic mass is 16.6. The van der Waals surface area contributed by atoms with Crippen LogP contribution in [-0.4, -0.2) is 11.1 Å². The van der Waals surface area contributed by atoms with Gasteiger partial charge in [-0.05, 0) is 13.3 Å². The molecular formula is C27H48O4. The van der Waals surface area contributed by atoms with E-state index in [1.165, 1.54) is 96.3 Å². The van der Waals surface area contributed by atoms with Crippen molar-refractivity contribution in [2.24, 2.45) is 0 Å². The minimum Gasteiger partial charge on any atom is -0.502 e. The van der Waals surface area contributed by atoms with Gasteiger partial charge in [-0.2, -0.15) is 0 Å². The highest BCUT2D eigenvalue weighted by molar-refractivity contribution is 5.73. The monoisotopic (exact) mass is 436 g/mol. The molecule has 0 atom stereocenters. The molecule has 1 heterocycles. The van der Waals surface area contributed by atoms with Gasteiger partial charge < -0.3 is 14.3 Å². The van der Waals surface area contributed by atoms with E-state index < -0.39 is 0 Å². The van der Waals surface area contributed by atoms with E-state index in [0.29, 0.717) is 24.4 Å². The van der Waals surface area contributed by atoms with E-state index in [-0.39, 0.29) is 17.5 Å². The minimum atomic E-state index is -0.285. The van der Waals surface area contributed by atoms with Gasteiger partial charge >= 0.3 is 5.97 Å². The van der Waals surface area contributed by atoms with Crippen LogP contribution in [0.2, 0.25) is 0 Å². The van der Waals surface area contributed by atoms with Crippen molar-refractivity contribution >= 4 is 5.97 Å². The molecule has 0 radical (unpaired) electrons. The first-order valence-corrected chi connectivity index (χ1v) is 13.1. The van der Waals surface area contributed by atoms with Crippen LogP contribution in [0, 0.1) is 6.92 Å². The van der Waals surface area contributed by atoms with E-state index in [9.17, 15) is 9.90 Å². The number of carbonyl (C=O) groups excluding carboxylic acids is 1. The zero-order chi connectivity index (χ0) is 22.7. The maximum absolute atomic E-state index is 12.0. The van der Waals surface area contributed by atoms with Crippen LogP contribution in [-0.2, 0) is 11.2 Å². The van der Waals surface area contributed by atoms with Crippen LogP contribution in [0.1, 0.15) is 141 Å². The zero-order valence-corrected chi connectivity index (χ0v) is 20.6. The first kappa shape index (κ1) is 27.6. The molecule has 0 aliphatic carbocycles. The highest BCUT2D eigenvalue weighted by Gasteiger charge is 2.20. The third kappa shape index (κ3) is 12.9. The lowest BCUT2D eigenvalue weighted by molar-refractivity contribution is -0.134. The summed E-state index contributed by atoms with van der Waals surface area (Å²) >= 11 is 0. The lowest BCUT2D eigenvalue weighted by Gasteiger charge is -2.05. The van der Waals surface area contributed by atoms with Gasteiger partial charge in [0.25, 0.3) is 0 Å². The number of furan rings is 1. The molecule has 0 aromatic carbocycles. The molecule has 31 heavy (non-hydrogen) atoms. The SMILES string of the molecule is CCCCCCCCCCCCCCCCCCCC(=O)Oc1c(CC)oc(C)c1O. The fraction of sp³-hybridized carbons (Fsp3) is 0.815. The standard InChI is InChI=1S/C27H48O4/c1-4-6-7-8-9-10-11-12-13-14-15-16-17-18-19-20-21-22-25(28)31-27-24(5-2)30-23(3)26(27)29/h29H,4-22H2,1-3H3. The third-order valence-corrected chi connectivity index (χ3v) is 6.10. The molecule has 0 aliphatic heterocycles. The number of unbranched alkanes of at least 4 members (excludes halogenated alkanes) is 16. The number of rotatable bonds is 20. The number of ether oxygens (including phenoxy) is 1. The van der Waals surface area contributed by atoms with Crippen molar-refractivity contribution in [2.75, 3.05) is 0 Å². The van der Waals surface area contributed by atoms with Crippen molar-refractivity contribution in [1.82, 2.24) is 0 Å². The normalized spacial score (nSPS) is 11.2. The Morgan fingerprint density at radius 2 is 1.16 bits per heavy atom. The second kappa shape index (κ2) is 18.2. The van der Waals surface area contributed by atoms with E-state index in [0.717, 1.165) is 12.8 Å². The molecule has 1 N–H and O–H groups in total. The fourth-order valence-electron chi connectivity index (χ4n) is 4.07. The molecule has 0 amide bonds. The summed E-state index contributed by atoms with van der Waals surface area (Å²) in [6.45, 7) is 5.85. The second-order valence-electron chi connectivity index (χ2n) is 8.99. The highest BCUT2D eigenvalue weighted by Crippen LogP contribution is 2.37. The molecule has 0 unspecified atom stereocenters. The molecule has 4 nitrogen and oxygen atoms in total. The maximum atomic E-state index is 12.0. The van der Waals surface area contributed by atoms with E-state index in [1.807, 2.05) is 6.92 Å². The average Bonchev–Trinajstić information content (AvgIpc) is 3.03. The summed E-state index contributed by atoms with van der Waals surface area (Å²) in [6.07, 6.45) is 23.5. The van der Waals surface area contributed by atoms with Gasteiger partial charge in [-0.15, -0.1) is 0 Å². The van der Waals surface area contributed by atoms with Crippen molar-refractivity contribution in [3.63, 3.8) is 0 Å². The Bertz CT molecular complexity index is 576. The van der Waals surface area contributed by atoms with Gasteiger partial charge in [0.2, 0.25) is 11.5 Å². The smallest absolute Gasteiger partial charge is 0.311 e. The average molecular weight is 437 g/mol. The molecular weight excluding hydrogens is 388 g/mol. The molecule has 0 fully saturated rings. The van der Waals surface area contributed by atoms with Crippen molar-refractivity contribution in [1.29, 1.82) is 0 Å². The minimum absolute atomic E-state index is 0.0485. The molecule has 180 valence electrons. The number of hydrogen-bond donors (Lipinski definition) is 1. The second-order valence-corrected chi connectivity index (χ2v) is 8.99. The number of carbonyl (C=O) groups is 1. The molecule has 0 saturated carbocycles. The van der Waals surface area contributed by atoms with Crippen LogP contribution in [0.5, 0.6) is 11.5 Å². The van der Waals surface area contributed by atoms with Gasteiger partial charge in [-0.1, -0.05) is 117 Å². The molecule has 1 aromatic rings. The first-order valence-electron chi connectivity index (χ1n) is 13.1. The number of hydrogen-bond acceptors (Lipinski definition) is 4. The summed E-state index contributed by atoms with van der Waals surface area (Å²) in [6, 6.07) is 0. The predicted molar refractivity (Wildman–Crippen MR) is 129 cm³/mol. The molecule has 0 spiro atoms. The lowest BCUT2D eigenvalue weighted by atomic mass is 10.0. The summed E-state index contributed by atoms with van der Waals surface area (Å²) in [4.78, 5) is 12.0. The number of aryl methyl sites for hydroxylation is 2. The van der Waals surface area contributed by atoms with E-state index in [4.69, 9.17) is 9.15 Å². The number of aromatic hydroxyl groups is 1. The summed E-state index contributed by atoms with van der Waals surface area (Å²) in [7, 11) is 0. The quantitative estimate of drug-likeness (QED) is 0.164. The van der Waals surface area contributed by atoms with Crippen LogP contribution >= 0.6 is 0 Å². The van der Waals surface area contributed by atoms with Crippen molar-refractivity contribution in [3.8, 4) is 11.5 Å². The largest absolute Gasteiger partial charge is 0.502 e. The van der Waals surface area contributed by atoms with E-state index >= 15 is 0 Å². The van der Waals surface area contributed by atoms with Crippen molar-refractivity contribution in [3.05, 3.63) is 11.5 Å². The summed E-state index contributed by atoms with van der Waals surface area (Å²) in [5.74, 6) is 0.805. The summed E-state index contributed by atoms with van der Waals surface area (Å²) in [5, 5.41) is 9.95. The molecule has 1 rings (SSSR count). The maximum Gasteiger partial charge on any atom is 0.311 e. The van der Waals surface area contributed by atoms with Crippen molar-refractivity contribution < 1.29 is 19.1 Å². The zero-order valence-electron chi connectivity index (χ0n) is 20.6. The fourth-order valence-corrected chi connectivity index (χ4v) is 4.07. The van der Waals surface area contributed by atoms with Crippen LogP contribution < -0.4 is 4.74 Å². The molecule has 1 aromatic heterocycles. The lowest BCUT2D eigenvalue weighted by Crippen LogP contribution is -2.08. The van der Waals surface area contributed by atoms with Crippen molar-refractivity contribution in [2.45, 2.75) is 143 Å². The van der Waals surface area contributed by atoms with Crippen LogP contribution in [0.25, 0.3) is 0 Å². The summed E-state index contributed by atoms with van der Waals surface area (Å²) in [5.41, 5.74) is 0. The first-order chi connectivity index (χ1) is 15.1. The topological polar surface area (TPSA) is 59.7 Å². The molecule has 4 heteroatoms. The van der Waals surface area contributed by atoms with Gasteiger partial charge in [-0.25, -0.2) is 0 Å². The van der Waals surface area contributed by atoms with Gasteiger partial charge in [0.1, 0.15) is 5.76 Å².